The van der Waals surface area contributed by atoms with Crippen LogP contribution < -0.4 is 0 Å². The van der Waals surface area contributed by atoms with Gasteiger partial charge in [-0.25, -0.2) is 4.79 Å². The highest BCUT2D eigenvalue weighted by molar-refractivity contribution is 5.85. The van der Waals surface area contributed by atoms with E-state index in [4.69, 9.17) is 14.2 Å². The van der Waals surface area contributed by atoms with Crippen molar-refractivity contribution in [3.8, 4) is 0 Å². The zero-order chi connectivity index (χ0) is 28.0. The summed E-state index contributed by atoms with van der Waals surface area (Å²) >= 11 is 0. The van der Waals surface area contributed by atoms with Gasteiger partial charge in [0, 0.05) is 17.9 Å². The molecule has 0 aromatic carbocycles. The third-order valence-corrected chi connectivity index (χ3v) is 12.0. The molecule has 4 aliphatic carbocycles. The molecule has 2 unspecified atom stereocenters. The van der Waals surface area contributed by atoms with E-state index in [2.05, 4.69) is 6.92 Å². The van der Waals surface area contributed by atoms with E-state index in [1.54, 1.807) is 13.0 Å². The Hall–Kier alpha value is -1.40. The van der Waals surface area contributed by atoms with Gasteiger partial charge in [0.1, 0.15) is 31.2 Å². The minimum absolute atomic E-state index is 0.0465. The lowest BCUT2D eigenvalue weighted by atomic mass is 9.41. The van der Waals surface area contributed by atoms with Crippen molar-refractivity contribution in [2.45, 2.75) is 120 Å². The van der Waals surface area contributed by atoms with E-state index >= 15 is 0 Å². The van der Waals surface area contributed by atoms with Crippen LogP contribution in [0.1, 0.15) is 71.6 Å². The molecule has 5 N–H and O–H groups in total. The van der Waals surface area contributed by atoms with E-state index in [0.29, 0.717) is 44.9 Å². The quantitative estimate of drug-likeness (QED) is 0.192. The minimum Gasteiger partial charge on any atom is -0.458 e. The van der Waals surface area contributed by atoms with Crippen LogP contribution in [0.5, 0.6) is 0 Å². The van der Waals surface area contributed by atoms with E-state index < -0.39 is 58.8 Å². The van der Waals surface area contributed by atoms with Crippen LogP contribution in [0.4, 0.5) is 0 Å². The van der Waals surface area contributed by atoms with Crippen LogP contribution in [-0.4, -0.2) is 92.4 Å². The molecule has 10 heteroatoms. The molecule has 6 rings (SSSR count). The van der Waals surface area contributed by atoms with Gasteiger partial charge in [0.15, 0.2) is 6.29 Å². The fourth-order valence-corrected chi connectivity index (χ4v) is 9.75. The smallest absolute Gasteiger partial charge is 0.331 e. The summed E-state index contributed by atoms with van der Waals surface area (Å²) < 4.78 is 16.9. The van der Waals surface area contributed by atoms with Gasteiger partial charge in [0.25, 0.3) is 0 Å². The summed E-state index contributed by atoms with van der Waals surface area (Å²) in [5.74, 6) is -0.616. The Bertz CT molecular complexity index is 1050. The number of hydrogen-bond acceptors (Lipinski definition) is 10. The van der Waals surface area contributed by atoms with Crippen LogP contribution in [-0.2, 0) is 23.8 Å². The molecule has 1 saturated heterocycles. The molecule has 13 atom stereocenters. The van der Waals surface area contributed by atoms with Gasteiger partial charge in [-0.3, -0.25) is 0 Å². The van der Waals surface area contributed by atoms with Gasteiger partial charge < -0.3 is 44.5 Å². The average molecular weight is 551 g/mol. The molecule has 0 amide bonds. The number of carbonyl (C=O) groups excluding carboxylic acids is 2. The van der Waals surface area contributed by atoms with Gasteiger partial charge in [-0.15, -0.1) is 0 Å². The van der Waals surface area contributed by atoms with E-state index in [1.165, 1.54) is 0 Å². The predicted octanol–water partition coefficient (Wildman–Crippen LogP) is 0.750. The molecule has 4 saturated carbocycles. The number of rotatable bonds is 4. The molecule has 2 aliphatic heterocycles. The first kappa shape index (κ1) is 27.8. The van der Waals surface area contributed by atoms with Crippen LogP contribution in [0, 0.1) is 28.6 Å². The lowest BCUT2D eigenvalue weighted by molar-refractivity contribution is -0.317. The number of esters is 1. The Morgan fingerprint density at radius 3 is 2.41 bits per heavy atom. The normalized spacial score (nSPS) is 55.2. The first-order valence-corrected chi connectivity index (χ1v) is 14.5. The largest absolute Gasteiger partial charge is 0.458 e. The topological polar surface area (TPSA) is 163 Å². The molecule has 0 bridgehead atoms. The Balaban J connectivity index is 1.22. The maximum absolute atomic E-state index is 13.0. The van der Waals surface area contributed by atoms with Crippen molar-refractivity contribution in [1.29, 1.82) is 0 Å². The molecule has 0 aromatic heterocycles. The Labute approximate surface area is 228 Å². The van der Waals surface area contributed by atoms with Gasteiger partial charge in [-0.1, -0.05) is 6.92 Å². The number of aliphatic hydroxyl groups excluding tert-OH is 3. The minimum atomic E-state index is -1.43. The summed E-state index contributed by atoms with van der Waals surface area (Å²) in [4.78, 5) is 24.8. The highest BCUT2D eigenvalue weighted by Crippen LogP contribution is 2.70. The molecule has 39 heavy (non-hydrogen) atoms. The van der Waals surface area contributed by atoms with E-state index in [9.17, 15) is 35.1 Å². The average Bonchev–Trinajstić information content (AvgIpc) is 3.45. The second kappa shape index (κ2) is 9.31. The van der Waals surface area contributed by atoms with Crippen LogP contribution >= 0.6 is 0 Å². The van der Waals surface area contributed by atoms with Crippen molar-refractivity contribution >= 4 is 12.3 Å². The number of fused-ring (bicyclic) bond motifs is 5. The summed E-state index contributed by atoms with van der Waals surface area (Å²) in [7, 11) is 0. The van der Waals surface area contributed by atoms with Crippen molar-refractivity contribution in [1.82, 2.24) is 0 Å². The van der Waals surface area contributed by atoms with Gasteiger partial charge in [-0.05, 0) is 81.6 Å². The molecule has 0 radical (unpaired) electrons. The number of ether oxygens (including phenoxy) is 3. The zero-order valence-electron chi connectivity index (χ0n) is 22.7. The number of aliphatic hydroxyl groups is 5. The number of cyclic esters (lactones) is 1. The second-order valence-corrected chi connectivity index (χ2v) is 13.4. The standard InChI is InChI=1S/C29H42O10/c1-15-22(32)23(33)24(34)25(38-15)39-17-3-8-27(14-30)19-4-7-26(2)18(16-11-21(31)37-13-16)6-10-29(26,36)20(19)5-9-28(27,35)12-17/h11,14-15,17-20,22-25,32-36H,3-10,12-13H2,1-2H3/t15-,17?,18-,19+,20-,22-,23-,24-,25+,26-,27+,28?,29+/m1/s1. The third-order valence-electron chi connectivity index (χ3n) is 12.0. The molecule has 0 spiro atoms. The summed E-state index contributed by atoms with van der Waals surface area (Å²) in [5.41, 5.74) is -2.86. The first-order chi connectivity index (χ1) is 18.4. The maximum Gasteiger partial charge on any atom is 0.331 e. The number of aldehydes is 1. The maximum atomic E-state index is 13.0. The molecule has 2 heterocycles. The molecule has 5 fully saturated rings. The van der Waals surface area contributed by atoms with Crippen LogP contribution in [0.25, 0.3) is 0 Å². The number of carbonyl (C=O) groups is 2. The zero-order valence-corrected chi connectivity index (χ0v) is 22.7. The molecule has 0 aromatic rings. The lowest BCUT2D eigenvalue weighted by Gasteiger charge is -2.65. The van der Waals surface area contributed by atoms with Crippen molar-refractivity contribution in [3.63, 3.8) is 0 Å². The van der Waals surface area contributed by atoms with Crippen molar-refractivity contribution in [3.05, 3.63) is 11.6 Å². The Kier molecular flexibility index (Phi) is 6.62. The van der Waals surface area contributed by atoms with E-state index in [0.717, 1.165) is 18.3 Å². The Morgan fingerprint density at radius 1 is 0.974 bits per heavy atom. The number of hydrogen-bond donors (Lipinski definition) is 5. The van der Waals surface area contributed by atoms with Gasteiger partial charge in [-0.2, -0.15) is 0 Å². The van der Waals surface area contributed by atoms with Crippen molar-refractivity contribution in [2.75, 3.05) is 6.61 Å². The summed E-state index contributed by atoms with van der Waals surface area (Å²) in [6.07, 6.45) is 0.689. The second-order valence-electron chi connectivity index (χ2n) is 13.4. The highest BCUT2D eigenvalue weighted by Gasteiger charge is 2.71. The third kappa shape index (κ3) is 3.78. The van der Waals surface area contributed by atoms with Crippen molar-refractivity contribution < 1.29 is 49.3 Å². The fraction of sp³-hybridized carbons (Fsp3) is 0.862. The van der Waals surface area contributed by atoms with E-state index in [-0.39, 0.29) is 36.8 Å². The fourth-order valence-electron chi connectivity index (χ4n) is 9.75. The van der Waals surface area contributed by atoms with Gasteiger partial charge in [0.2, 0.25) is 0 Å². The molecule has 218 valence electrons. The monoisotopic (exact) mass is 550 g/mol. The van der Waals surface area contributed by atoms with E-state index in [1.807, 2.05) is 0 Å². The molecule has 10 nitrogen and oxygen atoms in total. The molecular weight excluding hydrogens is 508 g/mol. The molecular formula is C29H42O10. The van der Waals surface area contributed by atoms with Gasteiger partial charge in [0.05, 0.1) is 28.8 Å². The SMILES string of the molecule is C[C@H]1O[C@@H](OC2CC[C@]3(C=O)[C@H]4CC[C@]5(C)[C@@H](C6=CC(=O)OC6)CC[C@]5(O)[C@@H]4CCC3(O)C2)[C@H](O)[C@H](O)[C@@H]1O. The molecule has 6 aliphatic rings. The predicted molar refractivity (Wildman–Crippen MR) is 135 cm³/mol. The lowest BCUT2D eigenvalue weighted by Crippen LogP contribution is -2.69. The summed E-state index contributed by atoms with van der Waals surface area (Å²) in [6.45, 7) is 3.98. The highest BCUT2D eigenvalue weighted by atomic mass is 16.7. The van der Waals surface area contributed by atoms with Gasteiger partial charge >= 0.3 is 5.97 Å². The van der Waals surface area contributed by atoms with Crippen LogP contribution in [0.2, 0.25) is 0 Å². The van der Waals surface area contributed by atoms with Crippen LogP contribution in [0.15, 0.2) is 11.6 Å². The first-order valence-electron chi connectivity index (χ1n) is 14.5. The summed E-state index contributed by atoms with van der Waals surface area (Å²) in [6, 6.07) is 0. The van der Waals surface area contributed by atoms with Crippen molar-refractivity contribution in [2.24, 2.45) is 28.6 Å². The van der Waals surface area contributed by atoms with Crippen LogP contribution in [0.3, 0.4) is 0 Å². The summed E-state index contributed by atoms with van der Waals surface area (Å²) in [5, 5.41) is 55.0. The Morgan fingerprint density at radius 2 is 1.72 bits per heavy atom.